The summed E-state index contributed by atoms with van der Waals surface area (Å²) in [7, 11) is -0.384. The van der Waals surface area contributed by atoms with Crippen molar-refractivity contribution in [3.05, 3.63) is 59.4 Å². The molecule has 0 fully saturated rings. The first-order valence-corrected chi connectivity index (χ1v) is 11.7. The van der Waals surface area contributed by atoms with Gasteiger partial charge in [-0.05, 0) is 30.3 Å². The van der Waals surface area contributed by atoms with E-state index in [9.17, 15) is 13.2 Å². The Morgan fingerprint density at radius 3 is 2.63 bits per heavy atom. The second-order valence-electron chi connectivity index (χ2n) is 6.21. The third-order valence-electron chi connectivity index (χ3n) is 4.11. The number of methoxy groups -OCH3 is 1. The van der Waals surface area contributed by atoms with Gasteiger partial charge in [0.25, 0.3) is 0 Å². The molecule has 1 heterocycles. The number of amides is 1. The Bertz CT molecular complexity index is 1150. The molecule has 0 atom stereocenters. The minimum Gasteiger partial charge on any atom is -0.495 e. The van der Waals surface area contributed by atoms with Gasteiger partial charge in [0, 0.05) is 12.1 Å². The van der Waals surface area contributed by atoms with Crippen molar-refractivity contribution >= 4 is 44.8 Å². The fraction of sp³-hybridized carbons (Fsp3) is 0.211. The molecule has 1 N–H and O–H groups in total. The molecule has 0 spiro atoms. The Kier molecular flexibility index (Phi) is 7.01. The molecule has 2 aromatic carbocycles. The van der Waals surface area contributed by atoms with E-state index in [1.54, 1.807) is 48.0 Å². The largest absolute Gasteiger partial charge is 0.495 e. The van der Waals surface area contributed by atoms with E-state index in [1.165, 1.54) is 19.2 Å². The third kappa shape index (κ3) is 5.32. The van der Waals surface area contributed by atoms with E-state index in [0.29, 0.717) is 27.4 Å². The maximum absolute atomic E-state index is 12.5. The average molecular weight is 467 g/mol. The summed E-state index contributed by atoms with van der Waals surface area (Å²) < 4.78 is 31.9. The molecule has 1 amide bonds. The molecule has 0 saturated carbocycles. The van der Waals surface area contributed by atoms with Gasteiger partial charge in [-0.1, -0.05) is 41.6 Å². The van der Waals surface area contributed by atoms with E-state index in [0.717, 1.165) is 11.8 Å². The van der Waals surface area contributed by atoms with E-state index < -0.39 is 9.84 Å². The van der Waals surface area contributed by atoms with Crippen LogP contribution in [0, 0.1) is 0 Å². The molecule has 3 aromatic rings. The Hall–Kier alpha value is -2.56. The molecular weight excluding hydrogens is 448 g/mol. The number of ether oxygens (including phenoxy) is 1. The standard InChI is InChI=1S/C19H19ClN4O4S2/c1-24-17(12-30(26,27)14-6-4-3-5-7-14)22-23-19(24)29-11-18(25)21-15-10-13(20)8-9-16(15)28-2/h3-10H,11-12H2,1-2H3,(H,21,25). The lowest BCUT2D eigenvalue weighted by atomic mass is 10.3. The van der Waals surface area contributed by atoms with E-state index in [4.69, 9.17) is 16.3 Å². The zero-order chi connectivity index (χ0) is 21.7. The second-order valence-corrected chi connectivity index (χ2v) is 9.58. The van der Waals surface area contributed by atoms with Gasteiger partial charge in [0.05, 0.1) is 23.4 Å². The number of rotatable bonds is 8. The molecule has 0 saturated heterocycles. The summed E-state index contributed by atoms with van der Waals surface area (Å²) in [6.07, 6.45) is 0. The van der Waals surface area contributed by atoms with Crippen molar-refractivity contribution in [2.75, 3.05) is 18.2 Å². The highest BCUT2D eigenvalue weighted by Gasteiger charge is 2.20. The lowest BCUT2D eigenvalue weighted by molar-refractivity contribution is -0.113. The molecule has 1 aromatic heterocycles. The van der Waals surface area contributed by atoms with Crippen LogP contribution < -0.4 is 10.1 Å². The fourth-order valence-electron chi connectivity index (χ4n) is 2.57. The predicted octanol–water partition coefficient (Wildman–Crippen LogP) is 3.18. The van der Waals surface area contributed by atoms with Crippen molar-refractivity contribution < 1.29 is 17.9 Å². The number of benzene rings is 2. The highest BCUT2D eigenvalue weighted by atomic mass is 35.5. The summed E-state index contributed by atoms with van der Waals surface area (Å²) >= 11 is 7.11. The summed E-state index contributed by atoms with van der Waals surface area (Å²) in [5, 5.41) is 11.6. The minimum atomic E-state index is -3.54. The normalized spacial score (nSPS) is 11.3. The quantitative estimate of drug-likeness (QED) is 0.508. The number of sulfone groups is 1. The topological polar surface area (TPSA) is 103 Å². The van der Waals surface area contributed by atoms with Crippen molar-refractivity contribution in [1.82, 2.24) is 14.8 Å². The number of carbonyl (C=O) groups excluding carboxylic acids is 1. The van der Waals surface area contributed by atoms with E-state index >= 15 is 0 Å². The van der Waals surface area contributed by atoms with Crippen molar-refractivity contribution in [3.8, 4) is 5.75 Å². The van der Waals surface area contributed by atoms with Gasteiger partial charge in [-0.3, -0.25) is 4.79 Å². The van der Waals surface area contributed by atoms with Crippen LogP contribution >= 0.6 is 23.4 Å². The van der Waals surface area contributed by atoms with Crippen LogP contribution in [0.25, 0.3) is 0 Å². The first-order chi connectivity index (χ1) is 14.3. The van der Waals surface area contributed by atoms with Crippen LogP contribution in [-0.2, 0) is 27.4 Å². The van der Waals surface area contributed by atoms with Gasteiger partial charge < -0.3 is 14.6 Å². The van der Waals surface area contributed by atoms with Gasteiger partial charge in [-0.2, -0.15) is 0 Å². The Labute approximate surface area is 183 Å². The van der Waals surface area contributed by atoms with Gasteiger partial charge in [0.15, 0.2) is 15.0 Å². The molecule has 158 valence electrons. The number of hydrogen-bond donors (Lipinski definition) is 1. The van der Waals surface area contributed by atoms with E-state index in [1.807, 2.05) is 0 Å². The van der Waals surface area contributed by atoms with E-state index in [-0.39, 0.29) is 22.3 Å². The molecule has 8 nitrogen and oxygen atoms in total. The molecule has 0 bridgehead atoms. The molecule has 0 unspecified atom stereocenters. The van der Waals surface area contributed by atoms with Crippen molar-refractivity contribution in [1.29, 1.82) is 0 Å². The predicted molar refractivity (Wildman–Crippen MR) is 116 cm³/mol. The van der Waals surface area contributed by atoms with Crippen LogP contribution in [0.3, 0.4) is 0 Å². The summed E-state index contributed by atoms with van der Waals surface area (Å²) in [5.41, 5.74) is 0.461. The van der Waals surface area contributed by atoms with Crippen LogP contribution in [0.15, 0.2) is 58.6 Å². The number of thioether (sulfide) groups is 1. The zero-order valence-corrected chi connectivity index (χ0v) is 18.6. The highest BCUT2D eigenvalue weighted by Crippen LogP contribution is 2.28. The summed E-state index contributed by atoms with van der Waals surface area (Å²) in [6, 6.07) is 13.1. The fourth-order valence-corrected chi connectivity index (χ4v) is 4.80. The van der Waals surface area contributed by atoms with Crippen LogP contribution in [0.2, 0.25) is 5.02 Å². The molecule has 0 aliphatic carbocycles. The van der Waals surface area contributed by atoms with Crippen molar-refractivity contribution in [2.45, 2.75) is 15.8 Å². The second kappa shape index (κ2) is 9.50. The number of aromatic nitrogens is 3. The first kappa shape index (κ1) is 22.1. The zero-order valence-electron chi connectivity index (χ0n) is 16.2. The van der Waals surface area contributed by atoms with Crippen molar-refractivity contribution in [3.63, 3.8) is 0 Å². The molecular formula is C19H19ClN4O4S2. The number of carbonyl (C=O) groups is 1. The van der Waals surface area contributed by atoms with Crippen LogP contribution in [-0.4, -0.2) is 42.0 Å². The maximum Gasteiger partial charge on any atom is 0.234 e. The van der Waals surface area contributed by atoms with E-state index in [2.05, 4.69) is 15.5 Å². The van der Waals surface area contributed by atoms with Crippen LogP contribution in [0.5, 0.6) is 5.75 Å². The minimum absolute atomic E-state index is 0.0487. The molecule has 0 radical (unpaired) electrons. The number of nitrogens with one attached hydrogen (secondary N) is 1. The average Bonchev–Trinajstić information content (AvgIpc) is 3.06. The SMILES string of the molecule is COc1ccc(Cl)cc1NC(=O)CSc1nnc(CS(=O)(=O)c2ccccc2)n1C. The smallest absolute Gasteiger partial charge is 0.234 e. The molecule has 3 rings (SSSR count). The lowest BCUT2D eigenvalue weighted by Crippen LogP contribution is -2.15. The number of anilines is 1. The lowest BCUT2D eigenvalue weighted by Gasteiger charge is -2.10. The summed E-state index contributed by atoms with van der Waals surface area (Å²) in [4.78, 5) is 12.5. The Morgan fingerprint density at radius 2 is 1.93 bits per heavy atom. The number of hydrogen-bond acceptors (Lipinski definition) is 7. The van der Waals surface area contributed by atoms with Gasteiger partial charge in [0.1, 0.15) is 17.3 Å². The summed E-state index contributed by atoms with van der Waals surface area (Å²) in [6.45, 7) is 0. The Morgan fingerprint density at radius 1 is 1.20 bits per heavy atom. The Balaban J connectivity index is 1.64. The van der Waals surface area contributed by atoms with Crippen molar-refractivity contribution in [2.24, 2.45) is 7.05 Å². The highest BCUT2D eigenvalue weighted by molar-refractivity contribution is 7.99. The number of nitrogens with zero attached hydrogens (tertiary/aromatic N) is 3. The molecule has 11 heteroatoms. The molecule has 0 aliphatic heterocycles. The monoisotopic (exact) mass is 466 g/mol. The van der Waals surface area contributed by atoms with Crippen LogP contribution in [0.1, 0.15) is 5.82 Å². The third-order valence-corrected chi connectivity index (χ3v) is 7.00. The van der Waals surface area contributed by atoms with Gasteiger partial charge in [-0.25, -0.2) is 8.42 Å². The maximum atomic E-state index is 12.5. The van der Waals surface area contributed by atoms with Gasteiger partial charge in [0.2, 0.25) is 5.91 Å². The van der Waals surface area contributed by atoms with Gasteiger partial charge >= 0.3 is 0 Å². The summed E-state index contributed by atoms with van der Waals surface area (Å²) in [5.74, 6) is 0.255. The molecule has 0 aliphatic rings. The number of halogens is 1. The first-order valence-electron chi connectivity index (χ1n) is 8.72. The van der Waals surface area contributed by atoms with Crippen LogP contribution in [0.4, 0.5) is 5.69 Å². The van der Waals surface area contributed by atoms with Gasteiger partial charge in [-0.15, -0.1) is 10.2 Å². The molecule has 30 heavy (non-hydrogen) atoms.